The minimum absolute atomic E-state index is 0.227. The second-order valence-electron chi connectivity index (χ2n) is 10.2. The monoisotopic (exact) mass is 586 g/mol. The first kappa shape index (κ1) is 32.3. The summed E-state index contributed by atoms with van der Waals surface area (Å²) in [6.07, 6.45) is 0. The molecule has 0 amide bonds. The average molecular weight is 587 g/mol. The van der Waals surface area contributed by atoms with E-state index in [0.29, 0.717) is 0 Å². The van der Waals surface area contributed by atoms with E-state index in [1.807, 2.05) is 36.4 Å². The van der Waals surface area contributed by atoms with Gasteiger partial charge in [0.15, 0.2) is 25.7 Å². The van der Waals surface area contributed by atoms with Gasteiger partial charge in [0.05, 0.1) is 7.11 Å². The van der Waals surface area contributed by atoms with Crippen LogP contribution in [0.5, 0.6) is 17.2 Å². The highest BCUT2D eigenvalue weighted by atomic mass is 32.2. The molecular formula is C28H33F3O6S2. The number of rotatable bonds is 6. The van der Waals surface area contributed by atoms with Gasteiger partial charge in [0.2, 0.25) is 4.90 Å². The smallest absolute Gasteiger partial charge is 0.485 e. The molecule has 0 aliphatic heterocycles. The number of methoxy groups -OCH3 is 1. The van der Waals surface area contributed by atoms with Gasteiger partial charge in [-0.2, -0.15) is 13.2 Å². The Morgan fingerprint density at radius 1 is 0.692 bits per heavy atom. The maximum atomic E-state index is 10.7. The van der Waals surface area contributed by atoms with Crippen molar-refractivity contribution < 1.29 is 40.4 Å². The molecule has 0 heterocycles. The van der Waals surface area contributed by atoms with Crippen LogP contribution in [0.1, 0.15) is 41.5 Å². The molecule has 3 rings (SSSR count). The maximum absolute atomic E-state index is 10.7. The summed E-state index contributed by atoms with van der Waals surface area (Å²) in [6, 6.07) is 25.0. The van der Waals surface area contributed by atoms with Gasteiger partial charge < -0.3 is 18.8 Å². The van der Waals surface area contributed by atoms with Crippen LogP contribution in [-0.4, -0.2) is 36.8 Å². The summed E-state index contributed by atoms with van der Waals surface area (Å²) in [5.74, 6) is 2.62. The first-order valence-electron chi connectivity index (χ1n) is 11.8. The lowest BCUT2D eigenvalue weighted by molar-refractivity contribution is -0.0517. The van der Waals surface area contributed by atoms with Crippen molar-refractivity contribution in [3.63, 3.8) is 0 Å². The van der Waals surface area contributed by atoms with Gasteiger partial charge in [-0.3, -0.25) is 0 Å². The van der Waals surface area contributed by atoms with E-state index in [0.717, 1.165) is 22.1 Å². The van der Waals surface area contributed by atoms with Gasteiger partial charge in [0.25, 0.3) is 0 Å². The van der Waals surface area contributed by atoms with Gasteiger partial charge in [-0.25, -0.2) is 8.42 Å². The van der Waals surface area contributed by atoms with E-state index in [4.69, 9.17) is 27.2 Å². The first-order chi connectivity index (χ1) is 17.8. The molecule has 0 unspecified atom stereocenters. The summed E-state index contributed by atoms with van der Waals surface area (Å²) in [5, 5.41) is 0. The molecule has 0 N–H and O–H groups in total. The van der Waals surface area contributed by atoms with E-state index in [2.05, 4.69) is 77.9 Å². The molecule has 0 aliphatic rings. The van der Waals surface area contributed by atoms with Crippen LogP contribution in [0.4, 0.5) is 13.2 Å². The molecule has 11 heteroatoms. The maximum Gasteiger partial charge on any atom is 0.485 e. The fraction of sp³-hybridized carbons (Fsp3) is 0.357. The second kappa shape index (κ2) is 12.5. The molecule has 6 nitrogen and oxygen atoms in total. The number of para-hydroxylation sites is 1. The van der Waals surface area contributed by atoms with Crippen LogP contribution in [0.2, 0.25) is 0 Å². The molecule has 0 spiro atoms. The third-order valence-electron chi connectivity index (χ3n) is 4.54. The molecule has 0 bridgehead atoms. The second-order valence-corrected chi connectivity index (χ2v) is 13.6. The molecule has 0 aromatic heterocycles. The predicted molar refractivity (Wildman–Crippen MR) is 145 cm³/mol. The fourth-order valence-corrected chi connectivity index (χ4v) is 5.34. The Hall–Kier alpha value is -2.89. The molecule has 0 saturated carbocycles. The highest BCUT2D eigenvalue weighted by Gasteiger charge is 2.37. The van der Waals surface area contributed by atoms with Gasteiger partial charge in [-0.1, -0.05) is 12.1 Å². The standard InChI is InChI=1S/C27H33O3S.CHF3O3S/c1-26(2,3)29-20-12-16-22(17-13-20)31(25-11-9-8-10-24(25)28-7)23-18-14-21(15-19-23)30-27(4,5)6;2-1(3,4)8(5,6)7/h8-19H,1-7H3;(H,5,6,7)/q+1;/p-1. The largest absolute Gasteiger partial charge is 0.741 e. The third-order valence-corrected chi connectivity index (χ3v) is 7.37. The van der Waals surface area contributed by atoms with Crippen LogP contribution in [0.3, 0.4) is 0 Å². The molecule has 0 atom stereocenters. The van der Waals surface area contributed by atoms with Crippen LogP contribution in [0.25, 0.3) is 0 Å². The number of alkyl halides is 3. The van der Waals surface area contributed by atoms with Crippen molar-refractivity contribution in [1.82, 2.24) is 0 Å². The molecule has 214 valence electrons. The molecular weight excluding hydrogens is 553 g/mol. The van der Waals surface area contributed by atoms with Crippen molar-refractivity contribution in [3.8, 4) is 17.2 Å². The SMILES string of the molecule is COc1ccccc1[S+](c1ccc(OC(C)(C)C)cc1)c1ccc(OC(C)(C)C)cc1.O=S(=O)([O-])C(F)(F)F. The van der Waals surface area contributed by atoms with Crippen molar-refractivity contribution in [2.45, 2.75) is 72.9 Å². The van der Waals surface area contributed by atoms with Crippen LogP contribution < -0.4 is 14.2 Å². The Labute approximate surface area is 231 Å². The normalized spacial score (nSPS) is 12.4. The molecule has 0 saturated heterocycles. The zero-order valence-electron chi connectivity index (χ0n) is 22.8. The lowest BCUT2D eigenvalue weighted by Gasteiger charge is -2.21. The van der Waals surface area contributed by atoms with Gasteiger partial charge in [0, 0.05) is 0 Å². The van der Waals surface area contributed by atoms with Crippen molar-refractivity contribution in [2.24, 2.45) is 0 Å². The summed E-state index contributed by atoms with van der Waals surface area (Å²) in [7, 11) is -4.69. The molecule has 3 aromatic rings. The van der Waals surface area contributed by atoms with Crippen molar-refractivity contribution >= 4 is 21.0 Å². The lowest BCUT2D eigenvalue weighted by atomic mass is 10.2. The quantitative estimate of drug-likeness (QED) is 0.173. The fourth-order valence-electron chi connectivity index (χ4n) is 3.17. The van der Waals surface area contributed by atoms with Gasteiger partial charge in [-0.05, 0) is 102 Å². The Morgan fingerprint density at radius 3 is 1.36 bits per heavy atom. The van der Waals surface area contributed by atoms with E-state index in [1.165, 1.54) is 9.79 Å². The van der Waals surface area contributed by atoms with Crippen molar-refractivity contribution in [3.05, 3.63) is 72.8 Å². The van der Waals surface area contributed by atoms with Gasteiger partial charge in [0.1, 0.15) is 33.6 Å². The first-order valence-corrected chi connectivity index (χ1v) is 14.4. The van der Waals surface area contributed by atoms with E-state index < -0.39 is 15.6 Å². The van der Waals surface area contributed by atoms with Gasteiger partial charge >= 0.3 is 5.51 Å². The summed E-state index contributed by atoms with van der Waals surface area (Å²) in [5.41, 5.74) is -6.10. The summed E-state index contributed by atoms with van der Waals surface area (Å²) >= 11 is 0. The lowest BCUT2D eigenvalue weighted by Crippen LogP contribution is -2.23. The Morgan fingerprint density at radius 2 is 1.05 bits per heavy atom. The topological polar surface area (TPSA) is 84.9 Å². The van der Waals surface area contributed by atoms with Crippen LogP contribution >= 0.6 is 0 Å². The van der Waals surface area contributed by atoms with Crippen LogP contribution in [-0.2, 0) is 21.0 Å². The summed E-state index contributed by atoms with van der Waals surface area (Å²) < 4.78 is 76.6. The Kier molecular flexibility index (Phi) is 10.4. The molecule has 39 heavy (non-hydrogen) atoms. The van der Waals surface area contributed by atoms with Crippen molar-refractivity contribution in [2.75, 3.05) is 7.11 Å². The zero-order chi connectivity index (χ0) is 29.6. The Bertz CT molecular complexity index is 1250. The van der Waals surface area contributed by atoms with E-state index >= 15 is 0 Å². The predicted octanol–water partition coefficient (Wildman–Crippen LogP) is 7.20. The van der Waals surface area contributed by atoms with E-state index in [9.17, 15) is 13.2 Å². The van der Waals surface area contributed by atoms with Crippen LogP contribution in [0, 0.1) is 0 Å². The molecule has 0 aliphatic carbocycles. The summed E-state index contributed by atoms with van der Waals surface area (Å²) in [6.45, 7) is 12.3. The van der Waals surface area contributed by atoms with Crippen molar-refractivity contribution in [1.29, 1.82) is 0 Å². The minimum Gasteiger partial charge on any atom is -0.741 e. The number of halogens is 3. The van der Waals surface area contributed by atoms with Gasteiger partial charge in [-0.15, -0.1) is 0 Å². The Balaban J connectivity index is 0.000000580. The number of hydrogen-bond acceptors (Lipinski definition) is 6. The van der Waals surface area contributed by atoms with E-state index in [1.54, 1.807) is 7.11 Å². The van der Waals surface area contributed by atoms with Crippen LogP contribution in [0.15, 0.2) is 87.5 Å². The molecule has 0 radical (unpaired) electrons. The summed E-state index contributed by atoms with van der Waals surface area (Å²) in [4.78, 5) is 3.56. The molecule has 0 fully saturated rings. The molecule has 3 aromatic carbocycles. The number of ether oxygens (including phenoxy) is 3. The zero-order valence-corrected chi connectivity index (χ0v) is 24.5. The minimum atomic E-state index is -6.09. The average Bonchev–Trinajstić information content (AvgIpc) is 2.79. The highest BCUT2D eigenvalue weighted by molar-refractivity contribution is 7.97. The number of hydrogen-bond donors (Lipinski definition) is 0. The highest BCUT2D eigenvalue weighted by Crippen LogP contribution is 2.38. The van der Waals surface area contributed by atoms with E-state index in [-0.39, 0.29) is 22.1 Å². The number of benzene rings is 3. The third kappa shape index (κ3) is 10.3.